The Labute approximate surface area is 168 Å². The number of nitriles is 1. The van der Waals surface area contributed by atoms with Crippen LogP contribution in [-0.4, -0.2) is 46.0 Å². The molecule has 0 saturated carbocycles. The lowest BCUT2D eigenvalue weighted by molar-refractivity contribution is 0.0726. The zero-order valence-corrected chi connectivity index (χ0v) is 16.0. The Morgan fingerprint density at radius 3 is 2.55 bits per heavy atom. The molecule has 7 nitrogen and oxygen atoms in total. The standard InChI is InChI=1S/C22H21N5O2/c23-11-12-24-21(28)17-9-7-16(8-10-17)19-5-4-6-20-18(15-25-27(19)20)22(29)26-13-2-1-3-14-26/h4-10,15H,1-3,12-14H2,(H,24,28). The van der Waals surface area contributed by atoms with E-state index in [9.17, 15) is 9.59 Å². The van der Waals surface area contributed by atoms with Crippen LogP contribution >= 0.6 is 0 Å². The topological polar surface area (TPSA) is 90.5 Å². The summed E-state index contributed by atoms with van der Waals surface area (Å²) in [5, 5.41) is 15.6. The highest BCUT2D eigenvalue weighted by Gasteiger charge is 2.22. The second-order valence-electron chi connectivity index (χ2n) is 7.04. The Morgan fingerprint density at radius 1 is 1.07 bits per heavy atom. The van der Waals surface area contributed by atoms with Crippen LogP contribution in [0.4, 0.5) is 0 Å². The number of carbonyl (C=O) groups excluding carboxylic acids is 2. The van der Waals surface area contributed by atoms with Crippen molar-refractivity contribution in [2.24, 2.45) is 0 Å². The van der Waals surface area contributed by atoms with Gasteiger partial charge in [0.25, 0.3) is 11.8 Å². The molecule has 1 aliphatic rings. The van der Waals surface area contributed by atoms with E-state index < -0.39 is 0 Å². The number of nitrogens with zero attached hydrogens (tertiary/aromatic N) is 4. The maximum absolute atomic E-state index is 12.9. The molecule has 0 spiro atoms. The molecule has 4 rings (SSSR count). The normalized spacial score (nSPS) is 13.8. The molecule has 2 amide bonds. The summed E-state index contributed by atoms with van der Waals surface area (Å²) in [6, 6.07) is 14.7. The number of piperidine rings is 1. The van der Waals surface area contributed by atoms with Crippen LogP contribution in [0.3, 0.4) is 0 Å². The fourth-order valence-electron chi connectivity index (χ4n) is 3.68. The van der Waals surface area contributed by atoms with Crippen molar-refractivity contribution in [1.82, 2.24) is 19.8 Å². The SMILES string of the molecule is N#CCNC(=O)c1ccc(-c2cccc3c(C(=O)N4CCCCC4)cnn23)cc1. The van der Waals surface area contributed by atoms with Crippen LogP contribution in [0.1, 0.15) is 40.0 Å². The number of likely N-dealkylation sites (tertiary alicyclic amines) is 1. The fourth-order valence-corrected chi connectivity index (χ4v) is 3.68. The molecule has 3 aromatic rings. The number of hydrogen-bond donors (Lipinski definition) is 1. The van der Waals surface area contributed by atoms with Gasteiger partial charge >= 0.3 is 0 Å². The zero-order chi connectivity index (χ0) is 20.2. The van der Waals surface area contributed by atoms with E-state index in [0.717, 1.165) is 42.7 Å². The van der Waals surface area contributed by atoms with Gasteiger partial charge in [-0.05, 0) is 43.5 Å². The lowest BCUT2D eigenvalue weighted by Crippen LogP contribution is -2.35. The Morgan fingerprint density at radius 2 is 1.83 bits per heavy atom. The Hall–Kier alpha value is -3.66. The van der Waals surface area contributed by atoms with E-state index in [0.29, 0.717) is 11.1 Å². The van der Waals surface area contributed by atoms with Crippen LogP contribution in [0.15, 0.2) is 48.7 Å². The molecule has 0 aliphatic carbocycles. The molecule has 2 aromatic heterocycles. The molecule has 146 valence electrons. The molecule has 0 unspecified atom stereocenters. The summed E-state index contributed by atoms with van der Waals surface area (Å²) in [4.78, 5) is 26.8. The fraction of sp³-hybridized carbons (Fsp3) is 0.273. The van der Waals surface area contributed by atoms with E-state index in [1.54, 1.807) is 22.8 Å². The molecule has 1 fully saturated rings. The van der Waals surface area contributed by atoms with Crippen molar-refractivity contribution in [3.63, 3.8) is 0 Å². The van der Waals surface area contributed by atoms with Gasteiger partial charge in [0.15, 0.2) is 0 Å². The van der Waals surface area contributed by atoms with E-state index >= 15 is 0 Å². The second-order valence-corrected chi connectivity index (χ2v) is 7.04. The first-order valence-corrected chi connectivity index (χ1v) is 9.70. The average Bonchev–Trinajstić information content (AvgIpc) is 3.22. The third kappa shape index (κ3) is 3.69. The number of pyridine rings is 1. The van der Waals surface area contributed by atoms with Gasteiger partial charge in [0, 0.05) is 24.2 Å². The van der Waals surface area contributed by atoms with E-state index in [2.05, 4.69) is 10.4 Å². The third-order valence-electron chi connectivity index (χ3n) is 5.19. The number of rotatable bonds is 4. The Bertz CT molecular complexity index is 1090. The van der Waals surface area contributed by atoms with Crippen LogP contribution in [0, 0.1) is 11.3 Å². The van der Waals surface area contributed by atoms with Gasteiger partial charge < -0.3 is 10.2 Å². The molecule has 0 bridgehead atoms. The average molecular weight is 387 g/mol. The van der Waals surface area contributed by atoms with Gasteiger partial charge in [0.2, 0.25) is 0 Å². The minimum Gasteiger partial charge on any atom is -0.339 e. The molecular formula is C22H21N5O2. The Balaban J connectivity index is 1.64. The van der Waals surface area contributed by atoms with Gasteiger partial charge in [-0.1, -0.05) is 18.2 Å². The number of benzene rings is 1. The molecule has 1 saturated heterocycles. The van der Waals surface area contributed by atoms with Gasteiger partial charge in [-0.15, -0.1) is 0 Å². The molecule has 1 aliphatic heterocycles. The van der Waals surface area contributed by atoms with E-state index in [4.69, 9.17) is 5.26 Å². The number of aromatic nitrogens is 2. The summed E-state index contributed by atoms with van der Waals surface area (Å²) in [6.07, 6.45) is 4.90. The maximum atomic E-state index is 12.9. The van der Waals surface area contributed by atoms with Crippen LogP contribution in [0.5, 0.6) is 0 Å². The molecule has 29 heavy (non-hydrogen) atoms. The van der Waals surface area contributed by atoms with E-state index in [1.807, 2.05) is 41.3 Å². The first-order valence-electron chi connectivity index (χ1n) is 9.70. The van der Waals surface area contributed by atoms with E-state index in [-0.39, 0.29) is 18.4 Å². The maximum Gasteiger partial charge on any atom is 0.257 e. The monoisotopic (exact) mass is 387 g/mol. The lowest BCUT2D eigenvalue weighted by Gasteiger charge is -2.26. The van der Waals surface area contributed by atoms with Crippen molar-refractivity contribution in [1.29, 1.82) is 5.26 Å². The largest absolute Gasteiger partial charge is 0.339 e. The van der Waals surface area contributed by atoms with Crippen molar-refractivity contribution in [3.05, 3.63) is 59.8 Å². The van der Waals surface area contributed by atoms with Crippen LogP contribution in [0.25, 0.3) is 16.8 Å². The molecule has 1 aromatic carbocycles. The first-order chi connectivity index (χ1) is 14.2. The number of fused-ring (bicyclic) bond motifs is 1. The lowest BCUT2D eigenvalue weighted by atomic mass is 10.1. The smallest absolute Gasteiger partial charge is 0.257 e. The third-order valence-corrected chi connectivity index (χ3v) is 5.19. The summed E-state index contributed by atoms with van der Waals surface area (Å²) in [5.41, 5.74) is 3.59. The van der Waals surface area contributed by atoms with E-state index in [1.165, 1.54) is 6.42 Å². The van der Waals surface area contributed by atoms with Gasteiger partial charge in [0.1, 0.15) is 6.54 Å². The predicted octanol–water partition coefficient (Wildman–Crippen LogP) is 2.88. The summed E-state index contributed by atoms with van der Waals surface area (Å²) in [7, 11) is 0. The molecule has 0 radical (unpaired) electrons. The first kappa shape index (κ1) is 18.7. The van der Waals surface area contributed by atoms with Crippen LogP contribution in [0.2, 0.25) is 0 Å². The summed E-state index contributed by atoms with van der Waals surface area (Å²) in [6.45, 7) is 1.57. The minimum absolute atomic E-state index is 0.0268. The number of hydrogen-bond acceptors (Lipinski definition) is 4. The number of amides is 2. The summed E-state index contributed by atoms with van der Waals surface area (Å²) < 4.78 is 1.77. The summed E-state index contributed by atoms with van der Waals surface area (Å²) in [5.74, 6) is -0.258. The van der Waals surface area contributed by atoms with Gasteiger partial charge in [-0.2, -0.15) is 10.4 Å². The number of nitrogens with one attached hydrogen (secondary N) is 1. The Kier molecular flexibility index (Phi) is 5.25. The molecule has 3 heterocycles. The molecule has 1 N–H and O–H groups in total. The van der Waals surface area contributed by atoms with Crippen molar-refractivity contribution < 1.29 is 9.59 Å². The van der Waals surface area contributed by atoms with Gasteiger partial charge in [-0.3, -0.25) is 9.59 Å². The quantitative estimate of drug-likeness (QED) is 0.697. The van der Waals surface area contributed by atoms with Gasteiger partial charge in [0.05, 0.1) is 29.0 Å². The highest BCUT2D eigenvalue weighted by Crippen LogP contribution is 2.24. The van der Waals surface area contributed by atoms with Crippen molar-refractivity contribution in [3.8, 4) is 17.3 Å². The second kappa shape index (κ2) is 8.15. The van der Waals surface area contributed by atoms with Crippen molar-refractivity contribution in [2.45, 2.75) is 19.3 Å². The highest BCUT2D eigenvalue weighted by atomic mass is 16.2. The molecular weight excluding hydrogens is 366 g/mol. The van der Waals surface area contributed by atoms with Crippen LogP contribution < -0.4 is 5.32 Å². The predicted molar refractivity (Wildman–Crippen MR) is 108 cm³/mol. The highest BCUT2D eigenvalue weighted by molar-refractivity contribution is 6.01. The molecule has 7 heteroatoms. The van der Waals surface area contributed by atoms with Crippen LogP contribution in [-0.2, 0) is 0 Å². The number of carbonyl (C=O) groups is 2. The van der Waals surface area contributed by atoms with Gasteiger partial charge in [-0.25, -0.2) is 4.52 Å². The van der Waals surface area contributed by atoms with Crippen molar-refractivity contribution >= 4 is 17.3 Å². The molecule has 0 atom stereocenters. The summed E-state index contributed by atoms with van der Waals surface area (Å²) >= 11 is 0. The zero-order valence-electron chi connectivity index (χ0n) is 16.0. The minimum atomic E-state index is -0.287. The van der Waals surface area contributed by atoms with Crippen molar-refractivity contribution in [2.75, 3.05) is 19.6 Å².